The van der Waals surface area contributed by atoms with Gasteiger partial charge >= 0.3 is 0 Å². The molecule has 3 heteroatoms. The van der Waals surface area contributed by atoms with Crippen LogP contribution in [0.1, 0.15) is 11.1 Å². The molecule has 1 nitrogen and oxygen atoms in total. The molecule has 0 amide bonds. The first kappa shape index (κ1) is 36.0. The molecule has 64 heavy (non-hydrogen) atoms. The fourth-order valence-corrected chi connectivity index (χ4v) is 22.9. The van der Waals surface area contributed by atoms with Crippen LogP contribution in [0.3, 0.4) is 0 Å². The van der Waals surface area contributed by atoms with Gasteiger partial charge < -0.3 is 4.57 Å². The maximum atomic E-state index is 2.60. The topological polar surface area (TPSA) is 4.93 Å². The molecule has 3 heterocycles. The minimum atomic E-state index is -2.68. The molecule has 10 aromatic carbocycles. The molecule has 0 bridgehead atoms. The van der Waals surface area contributed by atoms with Crippen LogP contribution in [0.25, 0.3) is 60.9 Å². The van der Waals surface area contributed by atoms with Gasteiger partial charge in [-0.3, -0.25) is 0 Å². The molecule has 0 N–H and O–H groups in total. The quantitative estimate of drug-likeness (QED) is 0.153. The molecule has 0 atom stereocenters. The predicted molar refractivity (Wildman–Crippen MR) is 274 cm³/mol. The average Bonchev–Trinajstić information content (AvgIpc) is 4.09. The largest absolute Gasteiger partial charge is 0.309 e. The van der Waals surface area contributed by atoms with Gasteiger partial charge in [0, 0.05) is 22.9 Å². The first-order valence-corrected chi connectivity index (χ1v) is 26.6. The van der Waals surface area contributed by atoms with E-state index in [0.29, 0.717) is 0 Å². The third-order valence-corrected chi connectivity index (χ3v) is 24.7. The minimum absolute atomic E-state index is 0.898. The van der Waals surface area contributed by atoms with E-state index in [2.05, 4.69) is 241 Å². The Morgan fingerprint density at radius 1 is 0.312 bits per heavy atom. The van der Waals surface area contributed by atoms with E-state index in [0.717, 1.165) is 6.42 Å². The van der Waals surface area contributed by atoms with E-state index in [1.807, 2.05) is 0 Å². The highest BCUT2D eigenvalue weighted by atomic mass is 28.3. The highest BCUT2D eigenvalue weighted by Gasteiger charge is 2.50. The summed E-state index contributed by atoms with van der Waals surface area (Å²) >= 11 is 0. The molecule has 0 saturated heterocycles. The van der Waals surface area contributed by atoms with Crippen molar-refractivity contribution in [1.82, 2.24) is 4.57 Å². The summed E-state index contributed by atoms with van der Waals surface area (Å²) in [4.78, 5) is 0. The number of hydrogen-bond donors (Lipinski definition) is 0. The summed E-state index contributed by atoms with van der Waals surface area (Å²) in [5.74, 6) is 0. The van der Waals surface area contributed by atoms with Crippen molar-refractivity contribution in [2.45, 2.75) is 6.42 Å². The van der Waals surface area contributed by atoms with E-state index in [4.69, 9.17) is 0 Å². The molecule has 14 rings (SSSR count). The van der Waals surface area contributed by atoms with Gasteiger partial charge in [-0.2, -0.15) is 0 Å². The van der Waals surface area contributed by atoms with E-state index in [1.165, 1.54) is 113 Å². The minimum Gasteiger partial charge on any atom is -0.309 e. The molecule has 0 spiro atoms. The number of para-hydroxylation sites is 1. The first-order chi connectivity index (χ1) is 31.8. The monoisotopic (exact) mass is 843 g/mol. The molecule has 0 radical (unpaired) electrons. The number of nitrogens with zero attached hydrogens (tertiary/aromatic N) is 1. The summed E-state index contributed by atoms with van der Waals surface area (Å²) in [6.07, 6.45) is 0.898. The van der Waals surface area contributed by atoms with Crippen molar-refractivity contribution in [2.24, 2.45) is 0 Å². The second kappa shape index (κ2) is 13.5. The summed E-state index contributed by atoms with van der Waals surface area (Å²) in [5, 5.41) is 14.3. The van der Waals surface area contributed by atoms with Crippen molar-refractivity contribution in [2.75, 3.05) is 0 Å². The molecule has 0 unspecified atom stereocenters. The molecule has 1 aromatic heterocycles. The normalized spacial score (nSPS) is 14.4. The Bertz CT molecular complexity index is 3610. The van der Waals surface area contributed by atoms with Crippen LogP contribution < -0.4 is 41.5 Å². The van der Waals surface area contributed by atoms with Crippen LogP contribution in [0.15, 0.2) is 237 Å². The lowest BCUT2D eigenvalue weighted by Crippen LogP contribution is -2.72. The molecular formula is C61H41NSi2. The Kier molecular flexibility index (Phi) is 7.57. The van der Waals surface area contributed by atoms with Crippen molar-refractivity contribution in [1.29, 1.82) is 0 Å². The van der Waals surface area contributed by atoms with Gasteiger partial charge in [0.05, 0.1) is 11.0 Å². The SMILES string of the molecule is c1ccc(-n2c3ccc([Si]4(c5ccccc5)c5ccccc5-c5ccccc54)cc3c3ccc4c(c32)Cc2ccc([Si]3(c5ccccc5)c5ccccc5-c5ccccc53)cc2-4)cc1. The van der Waals surface area contributed by atoms with Crippen LogP contribution in [-0.4, -0.2) is 20.7 Å². The molecular weight excluding hydrogens is 803 g/mol. The Morgan fingerprint density at radius 3 is 1.30 bits per heavy atom. The number of fused-ring (bicyclic) bond motifs is 13. The Morgan fingerprint density at radius 2 is 0.766 bits per heavy atom. The predicted octanol–water partition coefficient (Wildman–Crippen LogP) is 9.07. The van der Waals surface area contributed by atoms with Crippen LogP contribution >= 0.6 is 0 Å². The summed E-state index contributed by atoms with van der Waals surface area (Å²) in [6.45, 7) is 0. The lowest BCUT2D eigenvalue weighted by Gasteiger charge is -2.31. The third-order valence-electron chi connectivity index (χ3n) is 15.0. The molecule has 3 aliphatic rings. The number of aromatic nitrogens is 1. The van der Waals surface area contributed by atoms with E-state index in [-0.39, 0.29) is 0 Å². The summed E-state index contributed by atoms with van der Waals surface area (Å²) in [7, 11) is -5.32. The zero-order chi connectivity index (χ0) is 42.0. The van der Waals surface area contributed by atoms with Crippen molar-refractivity contribution in [3.05, 3.63) is 248 Å². The van der Waals surface area contributed by atoms with Crippen molar-refractivity contribution >= 4 is 79.4 Å². The van der Waals surface area contributed by atoms with E-state index < -0.39 is 16.1 Å². The van der Waals surface area contributed by atoms with E-state index in [1.54, 1.807) is 0 Å². The highest BCUT2D eigenvalue weighted by Crippen LogP contribution is 2.45. The number of hydrogen-bond acceptors (Lipinski definition) is 0. The fourth-order valence-electron chi connectivity index (χ4n) is 12.5. The van der Waals surface area contributed by atoms with Crippen LogP contribution in [0.2, 0.25) is 0 Å². The van der Waals surface area contributed by atoms with Crippen molar-refractivity contribution in [3.8, 4) is 39.1 Å². The molecule has 0 saturated carbocycles. The highest BCUT2D eigenvalue weighted by molar-refractivity contribution is 7.23. The van der Waals surface area contributed by atoms with Gasteiger partial charge in [0.15, 0.2) is 16.1 Å². The van der Waals surface area contributed by atoms with Gasteiger partial charge in [-0.15, -0.1) is 0 Å². The van der Waals surface area contributed by atoms with Crippen LogP contribution in [0, 0.1) is 0 Å². The average molecular weight is 844 g/mol. The fraction of sp³-hybridized carbons (Fsp3) is 0.0164. The van der Waals surface area contributed by atoms with Gasteiger partial charge in [-0.1, -0.05) is 218 Å². The van der Waals surface area contributed by atoms with E-state index in [9.17, 15) is 0 Å². The van der Waals surface area contributed by atoms with Gasteiger partial charge in [-0.05, 0) is 104 Å². The summed E-state index contributed by atoms with van der Waals surface area (Å²) < 4.78 is 2.57. The maximum absolute atomic E-state index is 2.68. The van der Waals surface area contributed by atoms with Gasteiger partial charge in [0.25, 0.3) is 0 Å². The van der Waals surface area contributed by atoms with Gasteiger partial charge in [0.2, 0.25) is 0 Å². The summed E-state index contributed by atoms with van der Waals surface area (Å²) in [5.41, 5.74) is 14.8. The molecule has 2 aliphatic heterocycles. The lowest BCUT2D eigenvalue weighted by molar-refractivity contribution is 1.15. The maximum Gasteiger partial charge on any atom is 0.180 e. The lowest BCUT2D eigenvalue weighted by atomic mass is 10.0. The van der Waals surface area contributed by atoms with Crippen molar-refractivity contribution < 1.29 is 0 Å². The van der Waals surface area contributed by atoms with Crippen LogP contribution in [-0.2, 0) is 6.42 Å². The number of rotatable bonds is 5. The number of benzene rings is 10. The van der Waals surface area contributed by atoms with Crippen LogP contribution in [0.5, 0.6) is 0 Å². The molecule has 11 aromatic rings. The second-order valence-electron chi connectivity index (χ2n) is 17.9. The first-order valence-electron chi connectivity index (χ1n) is 22.6. The smallest absolute Gasteiger partial charge is 0.180 e. The second-order valence-corrected chi connectivity index (χ2v) is 25.3. The third kappa shape index (κ3) is 4.62. The van der Waals surface area contributed by atoms with E-state index >= 15 is 0 Å². The van der Waals surface area contributed by atoms with Gasteiger partial charge in [0.1, 0.15) is 0 Å². The Hall–Kier alpha value is -7.57. The van der Waals surface area contributed by atoms with Gasteiger partial charge in [-0.25, -0.2) is 0 Å². The van der Waals surface area contributed by atoms with Crippen LogP contribution in [0.4, 0.5) is 0 Å². The van der Waals surface area contributed by atoms with Crippen molar-refractivity contribution in [3.63, 3.8) is 0 Å². The zero-order valence-corrected chi connectivity index (χ0v) is 37.2. The molecule has 1 aliphatic carbocycles. The molecule has 298 valence electrons. The molecule has 0 fully saturated rings. The standard InChI is InChI=1S/C61H41NSi2/c1-4-18-42(19-5-1)62-56-37-34-46(64(44-22-8-3-9-23-44)59-30-16-12-26-50(59)51-27-13-17-31-60(51)64)40-54(56)52-36-35-47-53-39-45(33-32-41(53)38-55(47)61(52)62)63(43-20-6-2-7-21-43)57-28-14-10-24-48(57)49-25-11-15-29-58(49)63/h1-37,39-40H,38H2. The Balaban J connectivity index is 1.02. The zero-order valence-electron chi connectivity index (χ0n) is 35.2. The Labute approximate surface area is 375 Å². The summed E-state index contributed by atoms with van der Waals surface area (Å²) in [6, 6.07) is 90.6.